The third-order valence-electron chi connectivity index (χ3n) is 10.5. The van der Waals surface area contributed by atoms with Crippen LogP contribution in [-0.4, -0.2) is 27.5 Å². The van der Waals surface area contributed by atoms with Crippen LogP contribution in [0, 0.1) is 26.2 Å². The zero-order valence-electron chi connectivity index (χ0n) is 27.1. The van der Waals surface area contributed by atoms with Crippen LogP contribution in [0.5, 0.6) is 28.7 Å². The number of methoxy groups -OCH3 is 1. The van der Waals surface area contributed by atoms with E-state index < -0.39 is 17.6 Å². The fraction of sp³-hybridized carbons (Fsp3) is 0.300. The van der Waals surface area contributed by atoms with Crippen LogP contribution in [0.4, 0.5) is 0 Å². The van der Waals surface area contributed by atoms with Crippen LogP contribution in [0.1, 0.15) is 82.6 Å². The molecular formula is C40H40O7. The van der Waals surface area contributed by atoms with E-state index >= 15 is 0 Å². The zero-order valence-corrected chi connectivity index (χ0v) is 27.1. The SMILES string of the molecule is C=C1[C@@H](c2ccc(O)c(C)c2)O[C@@H](c2ccc(O)c(C)c2)[C@]12CCC1=C(C2)[C@@H](c2ccc(O)c(OC)c2)O[C@H]1c1ccc(O)c(C)c1. The molecular weight excluding hydrogens is 592 g/mol. The molecule has 4 aromatic carbocycles. The molecule has 2 heterocycles. The van der Waals surface area contributed by atoms with Gasteiger partial charge in [0.05, 0.1) is 13.2 Å². The predicted molar refractivity (Wildman–Crippen MR) is 179 cm³/mol. The highest BCUT2D eigenvalue weighted by atomic mass is 16.5. The standard InChI is InChI=1S/C40H40O7/c1-21-16-25(6-10-31(21)41)36-24(4)40(39(47-36)28-9-12-33(43)23(3)18-28)15-14-29-30(20-40)38(27-8-13-34(44)35(19-27)45-5)46-37(29)26-7-11-32(42)22(2)17-26/h6-13,16-19,36-39,41-44H,4,14-15,20H2,1-3,5H3/t36-,37-,38+,39-,40-/m0/s1. The summed E-state index contributed by atoms with van der Waals surface area (Å²) in [6.07, 6.45) is 0.649. The number of aryl methyl sites for hydroxylation is 3. The highest BCUT2D eigenvalue weighted by Crippen LogP contribution is 2.67. The molecule has 3 aliphatic rings. The minimum absolute atomic E-state index is 0.0571. The topological polar surface area (TPSA) is 109 Å². The molecule has 5 atom stereocenters. The van der Waals surface area contributed by atoms with Gasteiger partial charge in [-0.2, -0.15) is 0 Å². The number of ether oxygens (including phenoxy) is 3. The zero-order chi connectivity index (χ0) is 33.2. The number of phenolic OH excluding ortho intramolecular Hbond substituents is 4. The Hall–Kier alpha value is -4.72. The average Bonchev–Trinajstić information content (AvgIpc) is 3.56. The van der Waals surface area contributed by atoms with Crippen LogP contribution in [0.3, 0.4) is 0 Å². The summed E-state index contributed by atoms with van der Waals surface area (Å²) in [7, 11) is 1.53. The summed E-state index contributed by atoms with van der Waals surface area (Å²) in [5.41, 5.74) is 8.88. The van der Waals surface area contributed by atoms with Gasteiger partial charge in [0.15, 0.2) is 11.5 Å². The molecule has 2 aliphatic heterocycles. The normalized spacial score (nSPS) is 25.4. The second kappa shape index (κ2) is 11.5. The Kier molecular flexibility index (Phi) is 7.57. The van der Waals surface area contributed by atoms with Crippen LogP contribution >= 0.6 is 0 Å². The number of hydrogen-bond acceptors (Lipinski definition) is 7. The second-order valence-electron chi connectivity index (χ2n) is 13.3. The van der Waals surface area contributed by atoms with Crippen LogP contribution in [-0.2, 0) is 9.47 Å². The van der Waals surface area contributed by atoms with Crippen molar-refractivity contribution in [2.75, 3.05) is 7.11 Å². The monoisotopic (exact) mass is 632 g/mol. The number of rotatable bonds is 5. The molecule has 7 nitrogen and oxygen atoms in total. The van der Waals surface area contributed by atoms with Gasteiger partial charge >= 0.3 is 0 Å². The first kappa shape index (κ1) is 30.9. The van der Waals surface area contributed by atoms with E-state index in [1.807, 2.05) is 69.3 Å². The molecule has 7 heteroatoms. The Labute approximate surface area is 275 Å². The number of benzene rings is 4. The van der Waals surface area contributed by atoms with Gasteiger partial charge < -0.3 is 34.6 Å². The lowest BCUT2D eigenvalue weighted by Gasteiger charge is -2.40. The van der Waals surface area contributed by atoms with E-state index in [9.17, 15) is 20.4 Å². The minimum atomic E-state index is -0.499. The van der Waals surface area contributed by atoms with Crippen molar-refractivity contribution in [2.24, 2.45) is 5.41 Å². The van der Waals surface area contributed by atoms with E-state index in [-0.39, 0.29) is 35.2 Å². The maximum atomic E-state index is 10.4. The molecule has 4 aromatic rings. The molecule has 0 unspecified atom stereocenters. The quantitative estimate of drug-likeness (QED) is 0.163. The molecule has 1 spiro atoms. The van der Waals surface area contributed by atoms with Crippen molar-refractivity contribution in [3.63, 3.8) is 0 Å². The Morgan fingerprint density at radius 3 is 1.70 bits per heavy atom. The van der Waals surface area contributed by atoms with Crippen LogP contribution < -0.4 is 4.74 Å². The number of hydrogen-bond donors (Lipinski definition) is 4. The minimum Gasteiger partial charge on any atom is -0.508 e. The highest BCUT2D eigenvalue weighted by molar-refractivity contribution is 5.51. The molecule has 0 amide bonds. The summed E-state index contributed by atoms with van der Waals surface area (Å²) in [5, 5.41) is 41.4. The van der Waals surface area contributed by atoms with E-state index in [2.05, 4.69) is 0 Å². The molecule has 4 N–H and O–H groups in total. The van der Waals surface area contributed by atoms with E-state index in [1.54, 1.807) is 24.3 Å². The molecule has 7 rings (SSSR count). The molecule has 0 aromatic heterocycles. The van der Waals surface area contributed by atoms with Crippen LogP contribution in [0.2, 0.25) is 0 Å². The lowest BCUT2D eigenvalue weighted by molar-refractivity contribution is 0.00325. The lowest BCUT2D eigenvalue weighted by Crippen LogP contribution is -2.31. The average molecular weight is 633 g/mol. The van der Waals surface area contributed by atoms with Gasteiger partial charge in [-0.3, -0.25) is 0 Å². The predicted octanol–water partition coefficient (Wildman–Crippen LogP) is 8.79. The van der Waals surface area contributed by atoms with E-state index in [1.165, 1.54) is 12.7 Å². The summed E-state index contributed by atoms with van der Waals surface area (Å²) in [6, 6.07) is 22.2. The number of aromatic hydroxyl groups is 4. The molecule has 1 aliphatic carbocycles. The largest absolute Gasteiger partial charge is 0.508 e. The van der Waals surface area contributed by atoms with Crippen molar-refractivity contribution in [2.45, 2.75) is 64.4 Å². The first-order valence-electron chi connectivity index (χ1n) is 16.0. The Morgan fingerprint density at radius 1 is 0.638 bits per heavy atom. The molecule has 0 bridgehead atoms. The van der Waals surface area contributed by atoms with Gasteiger partial charge in [-0.15, -0.1) is 0 Å². The third kappa shape index (κ3) is 5.05. The molecule has 1 saturated heterocycles. The fourth-order valence-corrected chi connectivity index (χ4v) is 7.82. The Morgan fingerprint density at radius 2 is 1.13 bits per heavy atom. The maximum absolute atomic E-state index is 10.4. The molecule has 242 valence electrons. The van der Waals surface area contributed by atoms with Crippen LogP contribution in [0.25, 0.3) is 0 Å². The van der Waals surface area contributed by atoms with Gasteiger partial charge in [-0.1, -0.05) is 30.8 Å². The summed E-state index contributed by atoms with van der Waals surface area (Å²) >= 11 is 0. The van der Waals surface area contributed by atoms with E-state index in [0.717, 1.165) is 62.9 Å². The van der Waals surface area contributed by atoms with Crippen molar-refractivity contribution in [1.82, 2.24) is 0 Å². The van der Waals surface area contributed by atoms with Gasteiger partial charge in [-0.25, -0.2) is 0 Å². The molecule has 47 heavy (non-hydrogen) atoms. The molecule has 0 radical (unpaired) electrons. The summed E-state index contributed by atoms with van der Waals surface area (Å²) < 4.78 is 19.4. The van der Waals surface area contributed by atoms with Gasteiger partial charge in [0.1, 0.15) is 35.6 Å². The van der Waals surface area contributed by atoms with Gasteiger partial charge in [-0.05, 0) is 144 Å². The van der Waals surface area contributed by atoms with E-state index in [4.69, 9.17) is 20.8 Å². The summed E-state index contributed by atoms with van der Waals surface area (Å²) in [6.45, 7) is 10.4. The third-order valence-corrected chi connectivity index (χ3v) is 10.5. The van der Waals surface area contributed by atoms with Crippen molar-refractivity contribution >= 4 is 0 Å². The van der Waals surface area contributed by atoms with Crippen LogP contribution in [0.15, 0.2) is 96.1 Å². The van der Waals surface area contributed by atoms with Crippen molar-refractivity contribution in [1.29, 1.82) is 0 Å². The van der Waals surface area contributed by atoms with Crippen molar-refractivity contribution in [3.05, 3.63) is 135 Å². The van der Waals surface area contributed by atoms with E-state index in [0.29, 0.717) is 12.2 Å². The Bertz CT molecular complexity index is 1940. The second-order valence-corrected chi connectivity index (χ2v) is 13.3. The smallest absolute Gasteiger partial charge is 0.160 e. The van der Waals surface area contributed by atoms with Gasteiger partial charge in [0.25, 0.3) is 0 Å². The van der Waals surface area contributed by atoms with Gasteiger partial charge in [0.2, 0.25) is 0 Å². The summed E-state index contributed by atoms with van der Waals surface area (Å²) in [4.78, 5) is 0. The first-order chi connectivity index (χ1) is 22.5. The number of phenols is 4. The fourth-order valence-electron chi connectivity index (χ4n) is 7.82. The van der Waals surface area contributed by atoms with Gasteiger partial charge in [0, 0.05) is 5.41 Å². The molecule has 1 fully saturated rings. The first-order valence-corrected chi connectivity index (χ1v) is 16.0. The molecule has 0 saturated carbocycles. The highest BCUT2D eigenvalue weighted by Gasteiger charge is 2.56. The lowest BCUT2D eigenvalue weighted by atomic mass is 9.62. The van der Waals surface area contributed by atoms with Crippen molar-refractivity contribution < 1.29 is 34.6 Å². The maximum Gasteiger partial charge on any atom is 0.160 e. The Balaban J connectivity index is 1.37. The summed E-state index contributed by atoms with van der Waals surface area (Å²) in [5.74, 6) is 1.14. The van der Waals surface area contributed by atoms with Crippen molar-refractivity contribution in [3.8, 4) is 28.7 Å².